The van der Waals surface area contributed by atoms with E-state index in [1.165, 1.54) is 11.1 Å². The van der Waals surface area contributed by atoms with Crippen molar-refractivity contribution in [2.24, 2.45) is 5.92 Å². The maximum atomic E-state index is 12.8. The fourth-order valence-electron chi connectivity index (χ4n) is 5.28. The molecule has 1 saturated carbocycles. The molecular formula is C29H28F6O. The maximum absolute atomic E-state index is 12.8. The maximum Gasteiger partial charge on any atom is 0.400 e. The van der Waals surface area contributed by atoms with Crippen molar-refractivity contribution in [2.75, 3.05) is 6.61 Å². The summed E-state index contributed by atoms with van der Waals surface area (Å²) in [5.41, 5.74) is 5.30. The highest BCUT2D eigenvalue weighted by Gasteiger charge is 2.56. The van der Waals surface area contributed by atoms with Crippen LogP contribution in [0.25, 0.3) is 0 Å². The number of ether oxygens (including phenoxy) is 1. The fraction of sp³-hybridized carbons (Fsp3) is 0.379. The van der Waals surface area contributed by atoms with Crippen LogP contribution < -0.4 is 4.74 Å². The molecule has 0 N–H and O–H groups in total. The number of benzene rings is 3. The molecule has 0 amide bonds. The molecule has 4 rings (SSSR count). The van der Waals surface area contributed by atoms with Crippen molar-refractivity contribution in [3.8, 4) is 5.75 Å². The molecule has 0 saturated heterocycles. The first-order chi connectivity index (χ1) is 17.0. The van der Waals surface area contributed by atoms with Crippen molar-refractivity contribution < 1.29 is 31.1 Å². The molecule has 192 valence electrons. The standard InChI is InChI=1S/C29H28F6O/c1-18-16-22(17-19(2)27(18)36-15-9-14-23(28(30,31)32)29(33,34)35)26-24(20-10-5-3-6-11-20)25(26)21-12-7-4-8-13-21/h3-8,10-13,16-17,23-26H,9,14-15H2,1-2H3. The van der Waals surface area contributed by atoms with Gasteiger partial charge in [0.05, 0.1) is 6.61 Å². The van der Waals surface area contributed by atoms with Crippen LogP contribution in [0.1, 0.15) is 58.4 Å². The van der Waals surface area contributed by atoms with Crippen LogP contribution in [-0.4, -0.2) is 19.0 Å². The van der Waals surface area contributed by atoms with Crippen LogP contribution in [0.2, 0.25) is 0 Å². The molecule has 0 radical (unpaired) electrons. The van der Waals surface area contributed by atoms with Crippen LogP contribution in [0, 0.1) is 19.8 Å². The summed E-state index contributed by atoms with van der Waals surface area (Å²) < 4.78 is 82.3. The number of hydrogen-bond acceptors (Lipinski definition) is 1. The molecule has 0 aliphatic heterocycles. The highest BCUT2D eigenvalue weighted by atomic mass is 19.4. The zero-order chi connectivity index (χ0) is 26.1. The van der Waals surface area contributed by atoms with Gasteiger partial charge in [-0.05, 0) is 72.3 Å². The van der Waals surface area contributed by atoms with E-state index in [4.69, 9.17) is 4.74 Å². The first kappa shape index (κ1) is 26.1. The first-order valence-electron chi connectivity index (χ1n) is 12.0. The fourth-order valence-corrected chi connectivity index (χ4v) is 5.28. The zero-order valence-corrected chi connectivity index (χ0v) is 20.0. The third kappa shape index (κ3) is 5.71. The summed E-state index contributed by atoms with van der Waals surface area (Å²) in [6, 6.07) is 24.7. The molecule has 36 heavy (non-hydrogen) atoms. The van der Waals surface area contributed by atoms with Gasteiger partial charge >= 0.3 is 12.4 Å². The van der Waals surface area contributed by atoms with Crippen LogP contribution in [-0.2, 0) is 0 Å². The predicted molar refractivity (Wildman–Crippen MR) is 127 cm³/mol. The molecule has 2 unspecified atom stereocenters. The van der Waals surface area contributed by atoms with Gasteiger partial charge in [-0.2, -0.15) is 26.3 Å². The van der Waals surface area contributed by atoms with Crippen LogP contribution >= 0.6 is 0 Å². The number of rotatable bonds is 8. The Hall–Kier alpha value is -2.96. The molecule has 2 atom stereocenters. The average molecular weight is 507 g/mol. The van der Waals surface area contributed by atoms with E-state index in [1.54, 1.807) is 0 Å². The predicted octanol–water partition coefficient (Wildman–Crippen LogP) is 8.87. The summed E-state index contributed by atoms with van der Waals surface area (Å²) in [4.78, 5) is 0. The molecular weight excluding hydrogens is 478 g/mol. The summed E-state index contributed by atoms with van der Waals surface area (Å²) in [6.45, 7) is 3.50. The Kier molecular flexibility index (Phi) is 7.39. The minimum Gasteiger partial charge on any atom is -0.493 e. The quantitative estimate of drug-likeness (QED) is 0.219. The van der Waals surface area contributed by atoms with Gasteiger partial charge in [-0.25, -0.2) is 0 Å². The van der Waals surface area contributed by atoms with Gasteiger partial charge in [0.15, 0.2) is 5.92 Å². The van der Waals surface area contributed by atoms with Crippen molar-refractivity contribution in [3.63, 3.8) is 0 Å². The second-order valence-electron chi connectivity index (χ2n) is 9.51. The van der Waals surface area contributed by atoms with Crippen molar-refractivity contribution >= 4 is 0 Å². The lowest BCUT2D eigenvalue weighted by atomic mass is 9.99. The van der Waals surface area contributed by atoms with E-state index < -0.39 is 24.7 Å². The van der Waals surface area contributed by atoms with Gasteiger partial charge in [0.2, 0.25) is 0 Å². The van der Waals surface area contributed by atoms with E-state index in [0.717, 1.165) is 16.7 Å². The van der Waals surface area contributed by atoms with Crippen LogP contribution in [0.4, 0.5) is 26.3 Å². The van der Waals surface area contributed by atoms with E-state index in [0.29, 0.717) is 17.6 Å². The minimum atomic E-state index is -5.32. The molecule has 0 bridgehead atoms. The van der Waals surface area contributed by atoms with Gasteiger partial charge in [0.25, 0.3) is 0 Å². The molecule has 1 aliphatic rings. The van der Waals surface area contributed by atoms with E-state index in [1.807, 2.05) is 62.4 Å². The van der Waals surface area contributed by atoms with Crippen molar-refractivity contribution in [1.29, 1.82) is 0 Å². The van der Waals surface area contributed by atoms with E-state index >= 15 is 0 Å². The van der Waals surface area contributed by atoms with E-state index in [2.05, 4.69) is 24.3 Å². The number of halogens is 6. The summed E-state index contributed by atoms with van der Waals surface area (Å²) in [5, 5.41) is 0. The van der Waals surface area contributed by atoms with Crippen molar-refractivity contribution in [3.05, 3.63) is 101 Å². The summed E-state index contributed by atoms with van der Waals surface area (Å²) >= 11 is 0. The number of alkyl halides is 6. The second kappa shape index (κ2) is 10.2. The Bertz CT molecular complexity index is 1070. The smallest absolute Gasteiger partial charge is 0.400 e. The molecule has 0 aromatic heterocycles. The van der Waals surface area contributed by atoms with Crippen LogP contribution in [0.3, 0.4) is 0 Å². The lowest BCUT2D eigenvalue weighted by Gasteiger charge is -2.23. The van der Waals surface area contributed by atoms with Gasteiger partial charge in [-0.1, -0.05) is 72.8 Å². The Labute approximate surface area is 207 Å². The molecule has 0 spiro atoms. The largest absolute Gasteiger partial charge is 0.493 e. The number of aryl methyl sites for hydroxylation is 2. The monoisotopic (exact) mass is 506 g/mol. The van der Waals surface area contributed by atoms with E-state index in [-0.39, 0.29) is 18.9 Å². The van der Waals surface area contributed by atoms with Gasteiger partial charge in [0.1, 0.15) is 5.75 Å². The van der Waals surface area contributed by atoms with Gasteiger partial charge in [-0.15, -0.1) is 0 Å². The molecule has 1 aliphatic carbocycles. The number of hydrogen-bond donors (Lipinski definition) is 0. The van der Waals surface area contributed by atoms with E-state index in [9.17, 15) is 26.3 Å². The molecule has 3 aromatic rings. The van der Waals surface area contributed by atoms with Gasteiger partial charge in [-0.3, -0.25) is 0 Å². The highest BCUT2D eigenvalue weighted by molar-refractivity contribution is 5.52. The third-order valence-corrected chi connectivity index (χ3v) is 6.93. The summed E-state index contributed by atoms with van der Waals surface area (Å²) in [6.07, 6.45) is -12.0. The summed E-state index contributed by atoms with van der Waals surface area (Å²) in [5.74, 6) is -1.91. The van der Waals surface area contributed by atoms with Crippen molar-refractivity contribution in [2.45, 2.75) is 56.8 Å². The molecule has 3 aromatic carbocycles. The molecule has 0 heterocycles. The zero-order valence-electron chi connectivity index (χ0n) is 20.0. The normalized spacial score (nSPS) is 20.0. The Morgan fingerprint density at radius 1 is 0.667 bits per heavy atom. The Morgan fingerprint density at radius 3 is 1.50 bits per heavy atom. The van der Waals surface area contributed by atoms with Gasteiger partial charge in [0, 0.05) is 0 Å². The first-order valence-corrected chi connectivity index (χ1v) is 12.0. The Balaban J connectivity index is 1.49. The average Bonchev–Trinajstić information content (AvgIpc) is 3.55. The lowest BCUT2D eigenvalue weighted by Crippen LogP contribution is -2.36. The van der Waals surface area contributed by atoms with Gasteiger partial charge < -0.3 is 4.74 Å². The molecule has 7 heteroatoms. The second-order valence-corrected chi connectivity index (χ2v) is 9.51. The minimum absolute atomic E-state index is 0.216. The third-order valence-electron chi connectivity index (χ3n) is 6.93. The summed E-state index contributed by atoms with van der Waals surface area (Å²) in [7, 11) is 0. The molecule has 1 nitrogen and oxygen atoms in total. The van der Waals surface area contributed by atoms with Crippen molar-refractivity contribution in [1.82, 2.24) is 0 Å². The van der Waals surface area contributed by atoms with Crippen LogP contribution in [0.15, 0.2) is 72.8 Å². The molecule has 1 fully saturated rings. The lowest BCUT2D eigenvalue weighted by molar-refractivity contribution is -0.286. The topological polar surface area (TPSA) is 9.23 Å². The highest BCUT2D eigenvalue weighted by Crippen LogP contribution is 2.66. The SMILES string of the molecule is Cc1cc(C2C(c3ccccc3)C2c2ccccc2)cc(C)c1OCCCC(C(F)(F)F)C(F)(F)F. The Morgan fingerprint density at radius 2 is 1.08 bits per heavy atom. The van der Waals surface area contributed by atoms with Crippen LogP contribution in [0.5, 0.6) is 5.75 Å².